The van der Waals surface area contributed by atoms with Crippen LogP contribution in [0.2, 0.25) is 0 Å². The lowest BCUT2D eigenvalue weighted by atomic mass is 9.75. The molecule has 0 amide bonds. The Morgan fingerprint density at radius 1 is 1.08 bits per heavy atom. The zero-order chi connectivity index (χ0) is 27.1. The average molecular weight is 542 g/mol. The van der Waals surface area contributed by atoms with E-state index in [0.29, 0.717) is 22.3 Å². The van der Waals surface area contributed by atoms with E-state index in [-0.39, 0.29) is 5.97 Å². The normalized spacial score (nSPS) is 20.5. The van der Waals surface area contributed by atoms with Gasteiger partial charge in [0.25, 0.3) is 0 Å². The summed E-state index contributed by atoms with van der Waals surface area (Å²) >= 11 is 1.53. The van der Waals surface area contributed by atoms with Crippen molar-refractivity contribution in [1.82, 2.24) is 19.5 Å². The molecule has 2 N–H and O–H groups in total. The number of fused-ring (bicyclic) bond motifs is 1. The van der Waals surface area contributed by atoms with Crippen molar-refractivity contribution in [3.63, 3.8) is 0 Å². The maximum absolute atomic E-state index is 13.0. The number of esters is 1. The Morgan fingerprint density at radius 3 is 2.54 bits per heavy atom. The van der Waals surface area contributed by atoms with Crippen LogP contribution in [-0.2, 0) is 4.74 Å². The fraction of sp³-hybridized carbons (Fsp3) is 0.387. The van der Waals surface area contributed by atoms with Gasteiger partial charge >= 0.3 is 5.97 Å². The Bertz CT molecular complexity index is 1540. The number of carbonyl (C=O) groups is 1. The number of aromatic nitrogens is 3. The predicted molar refractivity (Wildman–Crippen MR) is 158 cm³/mol. The number of ether oxygens (including phenoxy) is 1. The van der Waals surface area contributed by atoms with Gasteiger partial charge in [-0.15, -0.1) is 11.3 Å². The lowest BCUT2D eigenvalue weighted by Gasteiger charge is -2.35. The standard InChI is InChI=1S/C31H35N5O2S/c1-19-4-6-20(7-5-19)25-18-35(2)15-13-23(25)24-16-27(39-30(24)31(37)38-3)22-10-8-21(9-11-22)26-17-29-33-14-12-28(32)36(29)34-26/h8-12,14,16-17,19-20H,4-7,13,15,18,32H2,1-3H3. The van der Waals surface area contributed by atoms with Crippen molar-refractivity contribution in [3.8, 4) is 21.7 Å². The number of benzene rings is 1. The highest BCUT2D eigenvalue weighted by atomic mass is 32.1. The number of rotatable bonds is 5. The zero-order valence-electron chi connectivity index (χ0n) is 22.8. The largest absolute Gasteiger partial charge is 0.465 e. The Balaban J connectivity index is 1.37. The van der Waals surface area contributed by atoms with Crippen molar-refractivity contribution in [1.29, 1.82) is 0 Å². The Hall–Kier alpha value is -3.49. The molecule has 0 radical (unpaired) electrons. The minimum absolute atomic E-state index is 0.254. The van der Waals surface area contributed by atoms with Crippen LogP contribution in [0.1, 0.15) is 54.3 Å². The third-order valence-electron chi connectivity index (χ3n) is 8.36. The molecule has 0 saturated heterocycles. The van der Waals surface area contributed by atoms with E-state index in [1.54, 1.807) is 16.8 Å². The lowest BCUT2D eigenvalue weighted by Crippen LogP contribution is -2.31. The van der Waals surface area contributed by atoms with Crippen molar-refractivity contribution in [2.24, 2.45) is 11.8 Å². The summed E-state index contributed by atoms with van der Waals surface area (Å²) in [6.07, 6.45) is 7.69. The topological polar surface area (TPSA) is 85.7 Å². The van der Waals surface area contributed by atoms with Crippen molar-refractivity contribution >= 4 is 34.3 Å². The number of thiophene rings is 1. The maximum Gasteiger partial charge on any atom is 0.348 e. The Labute approximate surface area is 233 Å². The fourth-order valence-corrected chi connectivity index (χ4v) is 7.19. The van der Waals surface area contributed by atoms with Crippen molar-refractivity contribution in [3.05, 3.63) is 64.7 Å². The number of anilines is 1. The van der Waals surface area contributed by atoms with Crippen LogP contribution in [-0.4, -0.2) is 52.7 Å². The number of nitrogens with zero attached hydrogens (tertiary/aromatic N) is 4. The summed E-state index contributed by atoms with van der Waals surface area (Å²) in [5.41, 5.74) is 13.6. The van der Waals surface area contributed by atoms with E-state index in [1.165, 1.54) is 55.3 Å². The second kappa shape index (κ2) is 10.6. The molecule has 2 aliphatic rings. The average Bonchev–Trinajstić information content (AvgIpc) is 3.59. The van der Waals surface area contributed by atoms with Gasteiger partial charge < -0.3 is 15.4 Å². The second-order valence-corrected chi connectivity index (χ2v) is 12.1. The highest BCUT2D eigenvalue weighted by molar-refractivity contribution is 7.17. The molecule has 3 aromatic heterocycles. The third kappa shape index (κ3) is 4.99. The van der Waals surface area contributed by atoms with Crippen LogP contribution < -0.4 is 5.73 Å². The van der Waals surface area contributed by atoms with Gasteiger partial charge in [-0.3, -0.25) is 0 Å². The highest BCUT2D eigenvalue weighted by Crippen LogP contribution is 2.43. The summed E-state index contributed by atoms with van der Waals surface area (Å²) in [5, 5.41) is 4.62. The van der Waals surface area contributed by atoms with E-state index in [4.69, 9.17) is 10.5 Å². The minimum atomic E-state index is -0.254. The van der Waals surface area contributed by atoms with Gasteiger partial charge in [0.05, 0.1) is 12.8 Å². The monoisotopic (exact) mass is 541 g/mol. The van der Waals surface area contributed by atoms with Gasteiger partial charge in [0.1, 0.15) is 10.7 Å². The number of hydrogen-bond donors (Lipinski definition) is 1. The Morgan fingerprint density at radius 2 is 1.82 bits per heavy atom. The van der Waals surface area contributed by atoms with E-state index in [2.05, 4.69) is 59.3 Å². The molecule has 0 bridgehead atoms. The molecular formula is C31H35N5O2S. The zero-order valence-corrected chi connectivity index (χ0v) is 23.6. The van der Waals surface area contributed by atoms with Crippen LogP contribution in [0, 0.1) is 11.8 Å². The molecular weight excluding hydrogens is 506 g/mol. The van der Waals surface area contributed by atoms with Crippen LogP contribution >= 0.6 is 11.3 Å². The van der Waals surface area contributed by atoms with Crippen LogP contribution in [0.15, 0.2) is 54.2 Å². The van der Waals surface area contributed by atoms with Gasteiger partial charge in [-0.1, -0.05) is 44.0 Å². The summed E-state index contributed by atoms with van der Waals surface area (Å²) in [5.74, 6) is 1.70. The number of hydrogen-bond acceptors (Lipinski definition) is 7. The van der Waals surface area contributed by atoms with Crippen molar-refractivity contribution in [2.45, 2.75) is 39.0 Å². The van der Waals surface area contributed by atoms with E-state index >= 15 is 0 Å². The summed E-state index contributed by atoms with van der Waals surface area (Å²) in [4.78, 5) is 21.5. The SMILES string of the molecule is COC(=O)c1sc(-c2ccc(-c3cc4nccc(N)n4n3)cc2)cc1C1=C(C2CCC(C)CC2)CN(C)CC1. The first-order valence-corrected chi connectivity index (χ1v) is 14.6. The van der Waals surface area contributed by atoms with Gasteiger partial charge in [0.15, 0.2) is 5.65 Å². The number of nitrogen functional groups attached to an aromatic ring is 1. The minimum Gasteiger partial charge on any atom is -0.465 e. The van der Waals surface area contributed by atoms with Crippen LogP contribution in [0.4, 0.5) is 5.82 Å². The molecule has 6 rings (SSSR count). The van der Waals surface area contributed by atoms with Gasteiger partial charge in [0.2, 0.25) is 0 Å². The van der Waals surface area contributed by atoms with Gasteiger partial charge in [-0.25, -0.2) is 9.78 Å². The molecule has 0 unspecified atom stereocenters. The predicted octanol–water partition coefficient (Wildman–Crippen LogP) is 6.41. The second-order valence-electron chi connectivity index (χ2n) is 11.0. The summed E-state index contributed by atoms with van der Waals surface area (Å²) in [6, 6.07) is 14.2. The number of nitrogens with two attached hydrogens (primary N) is 1. The smallest absolute Gasteiger partial charge is 0.348 e. The number of methoxy groups -OCH3 is 1. The van der Waals surface area contributed by atoms with E-state index in [9.17, 15) is 4.79 Å². The van der Waals surface area contributed by atoms with Crippen molar-refractivity contribution in [2.75, 3.05) is 33.0 Å². The van der Waals surface area contributed by atoms with Crippen LogP contribution in [0.5, 0.6) is 0 Å². The molecule has 0 spiro atoms. The molecule has 0 atom stereocenters. The molecule has 1 saturated carbocycles. The molecule has 1 aliphatic heterocycles. The first-order chi connectivity index (χ1) is 18.9. The quantitative estimate of drug-likeness (QED) is 0.294. The molecule has 7 nitrogen and oxygen atoms in total. The van der Waals surface area contributed by atoms with E-state index in [1.807, 2.05) is 6.07 Å². The molecule has 4 aromatic rings. The Kier molecular flexibility index (Phi) is 6.99. The molecule has 1 fully saturated rings. The van der Waals surface area contributed by atoms with Crippen LogP contribution in [0.25, 0.3) is 32.9 Å². The van der Waals surface area contributed by atoms with Gasteiger partial charge in [-0.2, -0.15) is 9.61 Å². The fourth-order valence-electron chi connectivity index (χ4n) is 6.08. The molecule has 39 heavy (non-hydrogen) atoms. The summed E-state index contributed by atoms with van der Waals surface area (Å²) in [7, 11) is 3.68. The van der Waals surface area contributed by atoms with E-state index < -0.39 is 0 Å². The van der Waals surface area contributed by atoms with Crippen molar-refractivity contribution < 1.29 is 9.53 Å². The molecule has 202 valence electrons. The number of likely N-dealkylation sites (N-methyl/N-ethyl adjacent to an activating group) is 1. The maximum atomic E-state index is 13.0. The van der Waals surface area contributed by atoms with Gasteiger partial charge in [-0.05, 0) is 67.0 Å². The molecule has 1 aromatic carbocycles. The van der Waals surface area contributed by atoms with E-state index in [0.717, 1.165) is 52.7 Å². The molecule has 4 heterocycles. The number of carbonyl (C=O) groups excluding carboxylic acids is 1. The van der Waals surface area contributed by atoms with Gasteiger partial charge in [0, 0.05) is 41.4 Å². The highest BCUT2D eigenvalue weighted by Gasteiger charge is 2.30. The lowest BCUT2D eigenvalue weighted by molar-refractivity contribution is 0.0606. The first-order valence-electron chi connectivity index (χ1n) is 13.7. The molecule has 1 aliphatic carbocycles. The molecule has 8 heteroatoms. The summed E-state index contributed by atoms with van der Waals surface area (Å²) < 4.78 is 6.91. The summed E-state index contributed by atoms with van der Waals surface area (Å²) in [6.45, 7) is 4.35. The first kappa shape index (κ1) is 25.8. The van der Waals surface area contributed by atoms with Crippen LogP contribution in [0.3, 0.4) is 0 Å². The third-order valence-corrected chi connectivity index (χ3v) is 9.52.